The lowest BCUT2D eigenvalue weighted by Crippen LogP contribution is -2.36. The Morgan fingerprint density at radius 2 is 2.05 bits per heavy atom. The Morgan fingerprint density at radius 3 is 2.70 bits per heavy atom. The first-order valence-corrected chi connectivity index (χ1v) is 7.09. The summed E-state index contributed by atoms with van der Waals surface area (Å²) in [4.78, 5) is 12.4. The Bertz CT molecular complexity index is 667. The lowest BCUT2D eigenvalue weighted by atomic mass is 10.0. The van der Waals surface area contributed by atoms with E-state index in [-0.39, 0.29) is 11.9 Å². The summed E-state index contributed by atoms with van der Waals surface area (Å²) in [5, 5.41) is 7.35. The highest BCUT2D eigenvalue weighted by atomic mass is 16.3. The van der Waals surface area contributed by atoms with Crippen molar-refractivity contribution < 1.29 is 9.21 Å². The third-order valence-electron chi connectivity index (χ3n) is 4.08. The molecule has 0 bridgehead atoms. The molecule has 1 atom stereocenters. The number of carbonyl (C=O) groups is 1. The van der Waals surface area contributed by atoms with Crippen LogP contribution in [0.3, 0.4) is 0 Å². The fourth-order valence-electron chi connectivity index (χ4n) is 2.92. The highest BCUT2D eigenvalue weighted by molar-refractivity contribution is 6.00. The average Bonchev–Trinajstić information content (AvgIpc) is 3.02. The Balaban J connectivity index is 1.99. The van der Waals surface area contributed by atoms with E-state index in [1.54, 1.807) is 0 Å². The number of carbonyl (C=O) groups excluding carboxylic acids is 1. The summed E-state index contributed by atoms with van der Waals surface area (Å²) < 4.78 is 5.85. The van der Waals surface area contributed by atoms with Gasteiger partial charge in [0.25, 0.3) is 5.91 Å². The van der Waals surface area contributed by atoms with Crippen LogP contribution in [0.15, 0.2) is 16.5 Å². The molecule has 1 amide bonds. The summed E-state index contributed by atoms with van der Waals surface area (Å²) in [6, 6.07) is 4.31. The van der Waals surface area contributed by atoms with Crippen molar-refractivity contribution in [3.63, 3.8) is 0 Å². The van der Waals surface area contributed by atoms with Crippen LogP contribution in [0.4, 0.5) is 0 Å². The van der Waals surface area contributed by atoms with E-state index in [9.17, 15) is 4.79 Å². The molecule has 0 radical (unpaired) electrons. The summed E-state index contributed by atoms with van der Waals surface area (Å²) in [5.41, 5.74) is 3.98. The topological polar surface area (TPSA) is 54.3 Å². The molecule has 1 unspecified atom stereocenters. The third-order valence-corrected chi connectivity index (χ3v) is 4.08. The Labute approximate surface area is 118 Å². The zero-order valence-corrected chi connectivity index (χ0v) is 12.2. The van der Waals surface area contributed by atoms with E-state index in [0.717, 1.165) is 47.2 Å². The number of rotatable bonds is 2. The molecular weight excluding hydrogens is 252 g/mol. The van der Waals surface area contributed by atoms with Gasteiger partial charge in [-0.25, -0.2) is 0 Å². The van der Waals surface area contributed by atoms with E-state index in [1.807, 2.05) is 26.8 Å². The maximum atomic E-state index is 12.4. The van der Waals surface area contributed by atoms with E-state index in [0.29, 0.717) is 5.76 Å². The Morgan fingerprint density at radius 1 is 1.30 bits per heavy atom. The molecule has 2 heterocycles. The summed E-state index contributed by atoms with van der Waals surface area (Å²) in [6.07, 6.45) is 0.975. The molecule has 1 aliphatic rings. The van der Waals surface area contributed by atoms with Gasteiger partial charge in [0.05, 0.1) is 0 Å². The van der Waals surface area contributed by atoms with E-state index in [2.05, 4.69) is 16.7 Å². The van der Waals surface area contributed by atoms with Crippen LogP contribution in [-0.2, 0) is 0 Å². The van der Waals surface area contributed by atoms with Gasteiger partial charge in [0.15, 0.2) is 5.76 Å². The number of hydrogen-bond donors (Lipinski definition) is 2. The normalized spacial score (nSPS) is 18.6. The number of amides is 1. The highest BCUT2D eigenvalue weighted by Crippen LogP contribution is 2.30. The molecule has 106 valence electrons. The van der Waals surface area contributed by atoms with E-state index in [4.69, 9.17) is 4.42 Å². The minimum Gasteiger partial charge on any atom is -0.450 e. The summed E-state index contributed by atoms with van der Waals surface area (Å²) >= 11 is 0. The van der Waals surface area contributed by atoms with Crippen LogP contribution in [-0.4, -0.2) is 25.0 Å². The molecule has 0 saturated carbocycles. The van der Waals surface area contributed by atoms with Crippen molar-refractivity contribution in [2.45, 2.75) is 33.2 Å². The zero-order valence-electron chi connectivity index (χ0n) is 12.2. The van der Waals surface area contributed by atoms with E-state index >= 15 is 0 Å². The van der Waals surface area contributed by atoms with Gasteiger partial charge in [0.2, 0.25) is 0 Å². The molecule has 1 saturated heterocycles. The number of hydrogen-bond acceptors (Lipinski definition) is 3. The summed E-state index contributed by atoms with van der Waals surface area (Å²) in [5.74, 6) is 0.343. The lowest BCUT2D eigenvalue weighted by Gasteiger charge is -2.09. The first-order valence-electron chi connectivity index (χ1n) is 7.09. The molecule has 1 fully saturated rings. The number of furan rings is 1. The largest absolute Gasteiger partial charge is 0.450 e. The fourth-order valence-corrected chi connectivity index (χ4v) is 2.92. The SMILES string of the molecule is Cc1ccc(C)c2c(C)c(C(=O)NC3CCNC3)oc12. The average molecular weight is 272 g/mol. The van der Waals surface area contributed by atoms with Crippen molar-refractivity contribution >= 4 is 16.9 Å². The second-order valence-electron chi connectivity index (χ2n) is 5.62. The van der Waals surface area contributed by atoms with Crippen molar-refractivity contribution in [3.05, 3.63) is 34.6 Å². The van der Waals surface area contributed by atoms with E-state index < -0.39 is 0 Å². The lowest BCUT2D eigenvalue weighted by molar-refractivity contribution is 0.0913. The van der Waals surface area contributed by atoms with Crippen LogP contribution >= 0.6 is 0 Å². The molecule has 0 aliphatic carbocycles. The summed E-state index contributed by atoms with van der Waals surface area (Å²) in [6.45, 7) is 7.81. The Hall–Kier alpha value is -1.81. The first-order chi connectivity index (χ1) is 9.58. The molecule has 20 heavy (non-hydrogen) atoms. The molecule has 2 aromatic rings. The van der Waals surface area contributed by atoms with Gasteiger partial charge in [0, 0.05) is 23.5 Å². The maximum absolute atomic E-state index is 12.4. The van der Waals surface area contributed by atoms with Gasteiger partial charge >= 0.3 is 0 Å². The van der Waals surface area contributed by atoms with Crippen LogP contribution in [0.25, 0.3) is 11.0 Å². The van der Waals surface area contributed by atoms with Crippen molar-refractivity contribution in [1.82, 2.24) is 10.6 Å². The highest BCUT2D eigenvalue weighted by Gasteiger charge is 2.23. The van der Waals surface area contributed by atoms with Gasteiger partial charge < -0.3 is 15.1 Å². The van der Waals surface area contributed by atoms with Crippen LogP contribution in [0.5, 0.6) is 0 Å². The van der Waals surface area contributed by atoms with Crippen molar-refractivity contribution in [3.8, 4) is 0 Å². The third kappa shape index (κ3) is 2.10. The second kappa shape index (κ2) is 4.94. The monoisotopic (exact) mass is 272 g/mol. The predicted octanol–water partition coefficient (Wildman–Crippen LogP) is 2.45. The van der Waals surface area contributed by atoms with Gasteiger partial charge in [-0.1, -0.05) is 12.1 Å². The van der Waals surface area contributed by atoms with Gasteiger partial charge in [-0.2, -0.15) is 0 Å². The Kier molecular flexibility index (Phi) is 3.26. The molecule has 1 aromatic carbocycles. The quantitative estimate of drug-likeness (QED) is 0.883. The molecule has 0 spiro atoms. The standard InChI is InChI=1S/C16H20N2O2/c1-9-4-5-10(2)14-13(9)11(3)15(20-14)16(19)18-12-6-7-17-8-12/h4-5,12,17H,6-8H2,1-3H3,(H,18,19). The van der Waals surface area contributed by atoms with Crippen molar-refractivity contribution in [1.29, 1.82) is 0 Å². The van der Waals surface area contributed by atoms with Gasteiger partial charge in [0.1, 0.15) is 5.58 Å². The number of benzene rings is 1. The first kappa shape index (κ1) is 13.2. The molecule has 1 aliphatic heterocycles. The van der Waals surface area contributed by atoms with Gasteiger partial charge in [-0.15, -0.1) is 0 Å². The van der Waals surface area contributed by atoms with Crippen molar-refractivity contribution in [2.24, 2.45) is 0 Å². The molecule has 1 aromatic heterocycles. The maximum Gasteiger partial charge on any atom is 0.287 e. The minimum absolute atomic E-state index is 0.105. The van der Waals surface area contributed by atoms with Crippen LogP contribution in [0.2, 0.25) is 0 Å². The molecule has 4 nitrogen and oxygen atoms in total. The van der Waals surface area contributed by atoms with Crippen LogP contribution in [0.1, 0.15) is 33.7 Å². The zero-order chi connectivity index (χ0) is 14.3. The molecule has 2 N–H and O–H groups in total. The van der Waals surface area contributed by atoms with Crippen molar-refractivity contribution in [2.75, 3.05) is 13.1 Å². The second-order valence-corrected chi connectivity index (χ2v) is 5.62. The van der Waals surface area contributed by atoms with E-state index in [1.165, 1.54) is 0 Å². The molecule has 3 rings (SSSR count). The smallest absolute Gasteiger partial charge is 0.287 e. The minimum atomic E-state index is -0.105. The van der Waals surface area contributed by atoms with Gasteiger partial charge in [-0.05, 0) is 44.9 Å². The molecular formula is C16H20N2O2. The predicted molar refractivity (Wildman–Crippen MR) is 79.2 cm³/mol. The number of nitrogens with one attached hydrogen (secondary N) is 2. The summed E-state index contributed by atoms with van der Waals surface area (Å²) in [7, 11) is 0. The number of aryl methyl sites for hydroxylation is 3. The fraction of sp³-hybridized carbons (Fsp3) is 0.438. The van der Waals surface area contributed by atoms with Crippen LogP contribution in [0, 0.1) is 20.8 Å². The van der Waals surface area contributed by atoms with Gasteiger partial charge in [-0.3, -0.25) is 4.79 Å². The van der Waals surface area contributed by atoms with Crippen LogP contribution < -0.4 is 10.6 Å². The number of fused-ring (bicyclic) bond motifs is 1. The molecule has 4 heteroatoms.